The van der Waals surface area contributed by atoms with Crippen molar-refractivity contribution in [1.29, 1.82) is 0 Å². The van der Waals surface area contributed by atoms with Gasteiger partial charge in [-0.25, -0.2) is 12.8 Å². The van der Waals surface area contributed by atoms with Crippen molar-refractivity contribution >= 4 is 21.6 Å². The minimum Gasteiger partial charge on any atom is -0.497 e. The first-order valence-corrected chi connectivity index (χ1v) is 11.2. The molecule has 0 bridgehead atoms. The van der Waals surface area contributed by atoms with Crippen LogP contribution in [0.5, 0.6) is 5.75 Å². The molecule has 1 amide bonds. The van der Waals surface area contributed by atoms with Crippen LogP contribution in [0.15, 0.2) is 65.1 Å². The summed E-state index contributed by atoms with van der Waals surface area (Å²) in [5.74, 6) is -0.405. The lowest BCUT2D eigenvalue weighted by Gasteiger charge is -2.24. The Hall–Kier alpha value is -2.87. The summed E-state index contributed by atoms with van der Waals surface area (Å²) in [5, 5.41) is 2.80. The number of sulfonamides is 1. The highest BCUT2D eigenvalue weighted by Gasteiger charge is 2.27. The van der Waals surface area contributed by atoms with Crippen molar-refractivity contribution in [2.45, 2.75) is 30.6 Å². The molecular weight excluding hydrogens is 407 g/mol. The van der Waals surface area contributed by atoms with Crippen LogP contribution in [0, 0.1) is 5.82 Å². The van der Waals surface area contributed by atoms with E-state index >= 15 is 0 Å². The second-order valence-electron chi connectivity index (χ2n) is 7.05. The van der Waals surface area contributed by atoms with Gasteiger partial charge in [-0.05, 0) is 74.2 Å². The molecule has 0 atom stereocenters. The predicted molar refractivity (Wildman–Crippen MR) is 113 cm³/mol. The van der Waals surface area contributed by atoms with E-state index in [4.69, 9.17) is 4.74 Å². The van der Waals surface area contributed by atoms with Gasteiger partial charge in [0.05, 0.1) is 17.7 Å². The summed E-state index contributed by atoms with van der Waals surface area (Å²) in [4.78, 5) is 12.6. The van der Waals surface area contributed by atoms with Crippen LogP contribution in [-0.2, 0) is 14.8 Å². The van der Waals surface area contributed by atoms with E-state index < -0.39 is 28.3 Å². The Morgan fingerprint density at radius 1 is 1.10 bits per heavy atom. The highest BCUT2D eigenvalue weighted by atomic mass is 32.2. The minimum absolute atomic E-state index is 0.00964. The molecule has 30 heavy (non-hydrogen) atoms. The topological polar surface area (TPSA) is 75.7 Å². The standard InChI is InChI=1S/C22H25FN2O4S/c1-29-20-11-13-21(14-12-20)30(27,28)25(19-9-7-18(23)8-10-19)16-22(26)24-15-17-5-3-2-4-6-17/h5,7-14H,2-4,6,15-16H2,1H3,(H,24,26). The zero-order valence-electron chi connectivity index (χ0n) is 16.8. The number of halogens is 1. The molecule has 0 aromatic heterocycles. The fraction of sp³-hybridized carbons (Fsp3) is 0.318. The second-order valence-corrected chi connectivity index (χ2v) is 8.91. The normalized spacial score (nSPS) is 14.0. The van der Waals surface area contributed by atoms with Crippen molar-refractivity contribution in [3.63, 3.8) is 0 Å². The van der Waals surface area contributed by atoms with Gasteiger partial charge in [0.1, 0.15) is 18.1 Å². The molecule has 1 aliphatic rings. The van der Waals surface area contributed by atoms with Gasteiger partial charge in [0.2, 0.25) is 5.91 Å². The largest absolute Gasteiger partial charge is 0.497 e. The molecule has 0 radical (unpaired) electrons. The Balaban J connectivity index is 1.83. The van der Waals surface area contributed by atoms with Gasteiger partial charge in [0, 0.05) is 6.54 Å². The molecule has 2 aromatic carbocycles. The molecular formula is C22H25FN2O4S. The Morgan fingerprint density at radius 3 is 2.40 bits per heavy atom. The third-order valence-electron chi connectivity index (χ3n) is 4.95. The Labute approximate surface area is 176 Å². The predicted octanol–water partition coefficient (Wildman–Crippen LogP) is 3.65. The molecule has 2 aromatic rings. The second kappa shape index (κ2) is 9.75. The summed E-state index contributed by atoms with van der Waals surface area (Å²) in [6.07, 6.45) is 6.30. The van der Waals surface area contributed by atoms with E-state index in [9.17, 15) is 17.6 Å². The molecule has 0 saturated carbocycles. The zero-order chi connectivity index (χ0) is 21.6. The van der Waals surface area contributed by atoms with Gasteiger partial charge in [-0.3, -0.25) is 9.10 Å². The fourth-order valence-electron chi connectivity index (χ4n) is 3.26. The van der Waals surface area contributed by atoms with Gasteiger partial charge in [0.15, 0.2) is 0 Å². The maximum Gasteiger partial charge on any atom is 0.264 e. The smallest absolute Gasteiger partial charge is 0.264 e. The number of nitrogens with zero attached hydrogens (tertiary/aromatic N) is 1. The average Bonchev–Trinajstić information content (AvgIpc) is 2.77. The molecule has 0 heterocycles. The van der Waals surface area contributed by atoms with Crippen molar-refractivity contribution < 1.29 is 22.3 Å². The molecule has 1 aliphatic carbocycles. The SMILES string of the molecule is COc1ccc(S(=O)(=O)N(CC(=O)NCC2=CCCCC2)c2ccc(F)cc2)cc1. The highest BCUT2D eigenvalue weighted by Crippen LogP contribution is 2.25. The van der Waals surface area contributed by atoms with E-state index in [1.54, 1.807) is 0 Å². The quantitative estimate of drug-likeness (QED) is 0.646. The molecule has 160 valence electrons. The van der Waals surface area contributed by atoms with Crippen LogP contribution in [0.1, 0.15) is 25.7 Å². The number of rotatable bonds is 8. The van der Waals surface area contributed by atoms with Gasteiger partial charge in [-0.1, -0.05) is 11.6 Å². The summed E-state index contributed by atoms with van der Waals surface area (Å²) in [5.41, 5.74) is 1.36. The molecule has 3 rings (SSSR count). The molecule has 8 heteroatoms. The van der Waals surface area contributed by atoms with Crippen LogP contribution in [0.2, 0.25) is 0 Å². The van der Waals surface area contributed by atoms with E-state index in [-0.39, 0.29) is 10.6 Å². The molecule has 0 aliphatic heterocycles. The number of nitrogens with one attached hydrogen (secondary N) is 1. The number of ether oxygens (including phenoxy) is 1. The van der Waals surface area contributed by atoms with Crippen molar-refractivity contribution in [3.8, 4) is 5.75 Å². The van der Waals surface area contributed by atoms with Gasteiger partial charge in [-0.15, -0.1) is 0 Å². The first kappa shape index (κ1) is 21.8. The third-order valence-corrected chi connectivity index (χ3v) is 6.73. The van der Waals surface area contributed by atoms with Crippen LogP contribution in [0.4, 0.5) is 10.1 Å². The van der Waals surface area contributed by atoms with Crippen molar-refractivity contribution in [3.05, 3.63) is 66.0 Å². The number of carbonyl (C=O) groups is 1. The van der Waals surface area contributed by atoms with Crippen LogP contribution in [-0.4, -0.2) is 34.5 Å². The maximum atomic E-state index is 13.4. The van der Waals surface area contributed by atoms with Crippen molar-refractivity contribution in [2.75, 3.05) is 24.5 Å². The number of amides is 1. The monoisotopic (exact) mass is 432 g/mol. The van der Waals surface area contributed by atoms with E-state index in [1.165, 1.54) is 43.5 Å². The molecule has 0 spiro atoms. The molecule has 0 fully saturated rings. The Kier molecular flexibility index (Phi) is 7.10. The molecule has 0 unspecified atom stereocenters. The molecule has 1 N–H and O–H groups in total. The number of benzene rings is 2. The van der Waals surface area contributed by atoms with Crippen LogP contribution < -0.4 is 14.4 Å². The maximum absolute atomic E-state index is 13.4. The van der Waals surface area contributed by atoms with Crippen LogP contribution in [0.25, 0.3) is 0 Å². The van der Waals surface area contributed by atoms with Crippen LogP contribution >= 0.6 is 0 Å². The zero-order valence-corrected chi connectivity index (χ0v) is 17.6. The van der Waals surface area contributed by atoms with E-state index in [1.807, 2.05) is 0 Å². The lowest BCUT2D eigenvalue weighted by molar-refractivity contribution is -0.119. The summed E-state index contributed by atoms with van der Waals surface area (Å²) >= 11 is 0. The first-order valence-electron chi connectivity index (χ1n) is 9.77. The van der Waals surface area contributed by atoms with Gasteiger partial charge < -0.3 is 10.1 Å². The van der Waals surface area contributed by atoms with E-state index in [2.05, 4.69) is 11.4 Å². The molecule has 0 saturated heterocycles. The van der Waals surface area contributed by atoms with Gasteiger partial charge in [-0.2, -0.15) is 0 Å². The number of anilines is 1. The summed E-state index contributed by atoms with van der Waals surface area (Å²) in [6.45, 7) is -0.00799. The van der Waals surface area contributed by atoms with Crippen LogP contribution in [0.3, 0.4) is 0 Å². The lowest BCUT2D eigenvalue weighted by atomic mass is 10.00. The molecule has 6 nitrogen and oxygen atoms in total. The number of hydrogen-bond donors (Lipinski definition) is 1. The summed E-state index contributed by atoms with van der Waals surface area (Å²) < 4.78 is 46.0. The first-order chi connectivity index (χ1) is 14.4. The van der Waals surface area contributed by atoms with Gasteiger partial charge >= 0.3 is 0 Å². The van der Waals surface area contributed by atoms with Crippen molar-refractivity contribution in [2.24, 2.45) is 0 Å². The van der Waals surface area contributed by atoms with Gasteiger partial charge in [0.25, 0.3) is 10.0 Å². The Morgan fingerprint density at radius 2 is 1.80 bits per heavy atom. The highest BCUT2D eigenvalue weighted by molar-refractivity contribution is 7.92. The number of hydrogen-bond acceptors (Lipinski definition) is 4. The van der Waals surface area contributed by atoms with E-state index in [0.29, 0.717) is 12.3 Å². The fourth-order valence-corrected chi connectivity index (χ4v) is 4.68. The number of carbonyl (C=O) groups excluding carboxylic acids is 1. The average molecular weight is 433 g/mol. The third kappa shape index (κ3) is 5.38. The number of allylic oxidation sites excluding steroid dienone is 1. The Bertz CT molecular complexity index is 1000. The summed E-state index contributed by atoms with van der Waals surface area (Å²) in [6, 6.07) is 10.9. The lowest BCUT2D eigenvalue weighted by Crippen LogP contribution is -2.41. The van der Waals surface area contributed by atoms with E-state index in [0.717, 1.165) is 47.7 Å². The summed E-state index contributed by atoms with van der Waals surface area (Å²) in [7, 11) is -2.56. The minimum atomic E-state index is -4.05. The van der Waals surface area contributed by atoms with Crippen molar-refractivity contribution in [1.82, 2.24) is 5.32 Å². The number of methoxy groups -OCH3 is 1.